The van der Waals surface area contributed by atoms with Crippen LogP contribution in [0.4, 0.5) is 13.2 Å². The molecule has 0 spiro atoms. The maximum atomic E-state index is 13.4. The molecule has 7 nitrogen and oxygen atoms in total. The first-order chi connectivity index (χ1) is 20.0. The van der Waals surface area contributed by atoms with Crippen LogP contribution in [-0.2, 0) is 12.8 Å². The van der Waals surface area contributed by atoms with Gasteiger partial charge in [-0.1, -0.05) is 48.0 Å². The Labute approximate surface area is 249 Å². The lowest BCUT2D eigenvalue weighted by molar-refractivity contribution is -0.137. The number of ether oxygens (including phenoxy) is 1. The predicted molar refractivity (Wildman–Crippen MR) is 156 cm³/mol. The van der Waals surface area contributed by atoms with Crippen LogP contribution < -0.4 is 10.3 Å². The fourth-order valence-electron chi connectivity index (χ4n) is 4.12. The highest BCUT2D eigenvalue weighted by Crippen LogP contribution is 2.35. The van der Waals surface area contributed by atoms with Crippen LogP contribution in [0.5, 0.6) is 5.75 Å². The maximum Gasteiger partial charge on any atom is 0.416 e. The lowest BCUT2D eigenvalue weighted by Gasteiger charge is -2.13. The van der Waals surface area contributed by atoms with Gasteiger partial charge in [0.15, 0.2) is 11.6 Å². The highest BCUT2D eigenvalue weighted by atomic mass is 79.9. The van der Waals surface area contributed by atoms with Gasteiger partial charge in [0.25, 0.3) is 5.56 Å². The molecule has 0 amide bonds. The van der Waals surface area contributed by atoms with E-state index in [1.54, 1.807) is 42.5 Å². The molecule has 0 saturated carbocycles. The van der Waals surface area contributed by atoms with Crippen molar-refractivity contribution in [2.75, 3.05) is 0 Å². The smallest absolute Gasteiger partial charge is 0.416 e. The van der Waals surface area contributed by atoms with Gasteiger partial charge >= 0.3 is 12.1 Å². The van der Waals surface area contributed by atoms with Gasteiger partial charge in [0, 0.05) is 5.56 Å². The van der Waals surface area contributed by atoms with Crippen LogP contribution in [-0.4, -0.2) is 27.0 Å². The third kappa shape index (κ3) is 6.22. The van der Waals surface area contributed by atoms with E-state index in [4.69, 9.17) is 16.3 Å². The maximum absolute atomic E-state index is 13.4. The highest BCUT2D eigenvalue weighted by Gasteiger charge is 2.31. The monoisotopic (exact) mass is 655 g/mol. The van der Waals surface area contributed by atoms with Gasteiger partial charge in [-0.15, -0.1) is 0 Å². The van der Waals surface area contributed by atoms with Crippen molar-refractivity contribution < 1.29 is 27.8 Å². The first-order valence-electron chi connectivity index (χ1n) is 12.2. The minimum Gasteiger partial charge on any atom is -0.486 e. The number of aromatic carboxylic acids is 1. The molecule has 42 heavy (non-hydrogen) atoms. The summed E-state index contributed by atoms with van der Waals surface area (Å²) in [6, 6.07) is 20.4. The zero-order chi connectivity index (χ0) is 30.0. The third-order valence-electron chi connectivity index (χ3n) is 6.10. The molecule has 0 aliphatic carbocycles. The summed E-state index contributed by atoms with van der Waals surface area (Å²) in [5.74, 6) is -0.838. The number of carboxylic acids is 1. The number of para-hydroxylation sites is 1. The van der Waals surface area contributed by atoms with Crippen LogP contribution in [0.1, 0.15) is 27.0 Å². The van der Waals surface area contributed by atoms with Crippen molar-refractivity contribution in [3.8, 4) is 17.1 Å². The quantitative estimate of drug-likeness (QED) is 0.182. The van der Waals surface area contributed by atoms with E-state index in [0.717, 1.165) is 16.8 Å². The standard InChI is InChI=1S/C30H18BrClF3N3O4/c31-23-12-18(13-24(32)26(23)42-16-17-5-3-7-20(11-17)29(40)41)15-36-38-27(19-6-4-8-21(14-19)30(33,34)35)37-25-10-2-1-9-22(25)28(38)39/h1-15H,16H2,(H,40,41). The average Bonchev–Trinajstić information content (AvgIpc) is 2.96. The van der Waals surface area contributed by atoms with Gasteiger partial charge in [-0.05, 0) is 75.6 Å². The topological polar surface area (TPSA) is 93.8 Å². The second kappa shape index (κ2) is 11.8. The molecule has 212 valence electrons. The normalized spacial score (nSPS) is 11.7. The number of benzene rings is 4. The molecular formula is C30H18BrClF3N3O4. The Bertz CT molecular complexity index is 1900. The molecule has 1 aromatic heterocycles. The summed E-state index contributed by atoms with van der Waals surface area (Å²) in [5.41, 5.74) is 0.0888. The van der Waals surface area contributed by atoms with E-state index in [1.165, 1.54) is 36.5 Å². The fraction of sp³-hybridized carbons (Fsp3) is 0.0667. The second-order valence-electron chi connectivity index (χ2n) is 9.00. The Morgan fingerprint density at radius 2 is 1.81 bits per heavy atom. The summed E-state index contributed by atoms with van der Waals surface area (Å²) < 4.78 is 47.5. The van der Waals surface area contributed by atoms with Crippen LogP contribution in [0.25, 0.3) is 22.3 Å². The zero-order valence-corrected chi connectivity index (χ0v) is 23.6. The molecule has 0 fully saturated rings. The number of nitrogens with zero attached hydrogens (tertiary/aromatic N) is 3. The number of fused-ring (bicyclic) bond motifs is 1. The number of hydrogen-bond acceptors (Lipinski definition) is 5. The minimum absolute atomic E-state index is 0.0470. The van der Waals surface area contributed by atoms with E-state index in [1.807, 2.05) is 0 Å². The number of aromatic nitrogens is 2. The molecule has 5 aromatic rings. The summed E-state index contributed by atoms with van der Waals surface area (Å²) in [6.45, 7) is 0.0470. The molecule has 12 heteroatoms. The van der Waals surface area contributed by atoms with Gasteiger partial charge in [-0.3, -0.25) is 4.79 Å². The minimum atomic E-state index is -4.59. The van der Waals surface area contributed by atoms with Crippen molar-refractivity contribution in [2.24, 2.45) is 5.10 Å². The number of hydrogen-bond donors (Lipinski definition) is 1. The van der Waals surface area contributed by atoms with E-state index < -0.39 is 23.3 Å². The van der Waals surface area contributed by atoms with Crippen LogP contribution in [0.15, 0.2) is 99.3 Å². The number of carboxylic acid groups (broad SMARTS) is 1. The van der Waals surface area contributed by atoms with Gasteiger partial charge in [0.1, 0.15) is 6.61 Å². The van der Waals surface area contributed by atoms with Crippen LogP contribution >= 0.6 is 27.5 Å². The number of alkyl halides is 3. The van der Waals surface area contributed by atoms with Crippen molar-refractivity contribution in [3.05, 3.63) is 127 Å². The SMILES string of the molecule is O=C(O)c1cccc(COc2c(Cl)cc(C=Nn3c(-c4cccc(C(F)(F)F)c4)nc4ccccc4c3=O)cc2Br)c1. The van der Waals surface area contributed by atoms with Gasteiger partial charge in [-0.25, -0.2) is 9.78 Å². The average molecular weight is 657 g/mol. The fourth-order valence-corrected chi connectivity index (χ4v) is 5.11. The van der Waals surface area contributed by atoms with Gasteiger partial charge in [0.05, 0.1) is 37.7 Å². The van der Waals surface area contributed by atoms with Crippen LogP contribution in [0, 0.1) is 0 Å². The Kier molecular flexibility index (Phi) is 8.15. The zero-order valence-electron chi connectivity index (χ0n) is 21.3. The Morgan fingerprint density at radius 1 is 1.05 bits per heavy atom. The molecule has 0 atom stereocenters. The molecule has 5 rings (SSSR count). The van der Waals surface area contributed by atoms with E-state index >= 15 is 0 Å². The molecule has 0 bridgehead atoms. The van der Waals surface area contributed by atoms with Crippen molar-refractivity contribution in [3.63, 3.8) is 0 Å². The van der Waals surface area contributed by atoms with E-state index in [-0.39, 0.29) is 34.0 Å². The van der Waals surface area contributed by atoms with Crippen molar-refractivity contribution >= 4 is 50.6 Å². The highest BCUT2D eigenvalue weighted by molar-refractivity contribution is 9.10. The summed E-state index contributed by atoms with van der Waals surface area (Å²) in [7, 11) is 0. The summed E-state index contributed by atoms with van der Waals surface area (Å²) >= 11 is 9.87. The van der Waals surface area contributed by atoms with E-state index in [9.17, 15) is 27.9 Å². The second-order valence-corrected chi connectivity index (χ2v) is 10.3. The molecule has 0 aliphatic heterocycles. The first kappa shape index (κ1) is 29.0. The van der Waals surface area contributed by atoms with Crippen LogP contribution in [0.2, 0.25) is 5.02 Å². The van der Waals surface area contributed by atoms with Crippen molar-refractivity contribution in [1.29, 1.82) is 0 Å². The first-order valence-corrected chi connectivity index (χ1v) is 13.4. The summed E-state index contributed by atoms with van der Waals surface area (Å²) in [6.07, 6.45) is -3.27. The van der Waals surface area contributed by atoms with Gasteiger partial charge in [0.2, 0.25) is 0 Å². The Hall–Kier alpha value is -4.48. The molecule has 0 aliphatic rings. The number of carbonyl (C=O) groups is 1. The Balaban J connectivity index is 1.50. The lowest BCUT2D eigenvalue weighted by atomic mass is 10.1. The predicted octanol–water partition coefficient (Wildman–Crippen LogP) is 7.66. The molecule has 4 aromatic carbocycles. The number of halogens is 5. The van der Waals surface area contributed by atoms with E-state index in [0.29, 0.717) is 26.9 Å². The van der Waals surface area contributed by atoms with Crippen molar-refractivity contribution in [1.82, 2.24) is 9.66 Å². The summed E-state index contributed by atoms with van der Waals surface area (Å²) in [5, 5.41) is 13.9. The van der Waals surface area contributed by atoms with Crippen molar-refractivity contribution in [2.45, 2.75) is 12.8 Å². The molecule has 0 saturated heterocycles. The largest absolute Gasteiger partial charge is 0.486 e. The molecule has 0 unspecified atom stereocenters. The molecular weight excluding hydrogens is 639 g/mol. The number of rotatable bonds is 7. The van der Waals surface area contributed by atoms with Gasteiger partial charge < -0.3 is 9.84 Å². The third-order valence-corrected chi connectivity index (χ3v) is 6.97. The lowest BCUT2D eigenvalue weighted by Crippen LogP contribution is -2.20. The van der Waals surface area contributed by atoms with Crippen LogP contribution in [0.3, 0.4) is 0 Å². The molecule has 0 radical (unpaired) electrons. The van der Waals surface area contributed by atoms with Gasteiger partial charge in [-0.2, -0.15) is 22.9 Å². The Morgan fingerprint density at radius 3 is 2.55 bits per heavy atom. The van der Waals surface area contributed by atoms with E-state index in [2.05, 4.69) is 26.0 Å². The molecule has 1 heterocycles. The summed E-state index contributed by atoms with van der Waals surface area (Å²) in [4.78, 5) is 29.1. The molecule has 1 N–H and O–H groups in total.